The number of nitroso groups, excluding NO2 is 1. The Bertz CT molecular complexity index is 196. The molecule has 0 saturated heterocycles. The van der Waals surface area contributed by atoms with E-state index in [1.165, 1.54) is 6.33 Å². The van der Waals surface area contributed by atoms with Crippen molar-refractivity contribution in [2.24, 2.45) is 5.18 Å². The van der Waals surface area contributed by atoms with Crippen LogP contribution in [-0.2, 0) is 0 Å². The summed E-state index contributed by atoms with van der Waals surface area (Å²) in [6, 6.07) is 0. The molecule has 8 heavy (non-hydrogen) atoms. The number of H-pyrrole nitrogens is 1. The highest BCUT2D eigenvalue weighted by Crippen LogP contribution is 2.18. The summed E-state index contributed by atoms with van der Waals surface area (Å²) in [5, 5.41) is 2.62. The van der Waals surface area contributed by atoms with Crippen LogP contribution in [0.3, 0.4) is 0 Å². The summed E-state index contributed by atoms with van der Waals surface area (Å²) in [7, 11) is 0. The molecule has 0 fully saturated rings. The van der Waals surface area contributed by atoms with Crippen molar-refractivity contribution >= 4 is 21.7 Å². The largest absolute Gasteiger partial charge is 0.326 e. The minimum absolute atomic E-state index is 0.227. The van der Waals surface area contributed by atoms with Gasteiger partial charge < -0.3 is 4.98 Å². The molecule has 42 valence electrons. The van der Waals surface area contributed by atoms with Crippen molar-refractivity contribution in [3.05, 3.63) is 15.8 Å². The molecule has 1 N–H and O–H groups in total. The predicted octanol–water partition coefficient (Wildman–Crippen LogP) is 1.57. The Morgan fingerprint density at radius 1 is 1.88 bits per heavy atom. The van der Waals surface area contributed by atoms with E-state index in [1.54, 1.807) is 0 Å². The molecule has 1 heterocycles. The van der Waals surface area contributed by atoms with E-state index in [4.69, 9.17) is 0 Å². The Morgan fingerprint density at radius 3 is 2.88 bits per heavy atom. The van der Waals surface area contributed by atoms with Crippen molar-refractivity contribution in [1.82, 2.24) is 9.97 Å². The van der Waals surface area contributed by atoms with Gasteiger partial charge in [0.15, 0.2) is 4.60 Å². The molecule has 0 spiro atoms. The van der Waals surface area contributed by atoms with E-state index in [9.17, 15) is 4.91 Å². The molecule has 5 heteroatoms. The maximum Gasteiger partial charge on any atom is 0.209 e. The minimum atomic E-state index is 0.227. The van der Waals surface area contributed by atoms with Gasteiger partial charge in [-0.15, -0.1) is 4.91 Å². The standard InChI is InChI=1S/C3H2BrN3O/c4-2-3(7-8)6-1-5-2/h1H,(H,5,6). The molecule has 1 aromatic rings. The molecule has 1 rings (SSSR count). The first-order valence-electron chi connectivity index (χ1n) is 1.87. The second-order valence-electron chi connectivity index (χ2n) is 1.13. The Labute approximate surface area is 53.4 Å². The third kappa shape index (κ3) is 0.764. The third-order valence-electron chi connectivity index (χ3n) is 0.666. The SMILES string of the molecule is O=Nc1[nH]cnc1Br. The average Bonchev–Trinajstić information content (AvgIpc) is 2.14. The van der Waals surface area contributed by atoms with Crippen LogP contribution in [0.15, 0.2) is 16.1 Å². The Kier molecular flexibility index (Phi) is 1.38. The zero-order chi connectivity index (χ0) is 5.98. The van der Waals surface area contributed by atoms with E-state index in [0.717, 1.165) is 0 Å². The Morgan fingerprint density at radius 2 is 2.62 bits per heavy atom. The van der Waals surface area contributed by atoms with Crippen molar-refractivity contribution < 1.29 is 0 Å². The molecule has 4 nitrogen and oxygen atoms in total. The number of hydrogen-bond donors (Lipinski definition) is 1. The van der Waals surface area contributed by atoms with Crippen LogP contribution in [0, 0.1) is 4.91 Å². The van der Waals surface area contributed by atoms with Gasteiger partial charge in [0.25, 0.3) is 0 Å². The number of nitrogens with zero attached hydrogens (tertiary/aromatic N) is 2. The lowest BCUT2D eigenvalue weighted by Crippen LogP contribution is -1.57. The number of aromatic amines is 1. The Hall–Kier alpha value is -0.710. The summed E-state index contributed by atoms with van der Waals surface area (Å²) in [6.45, 7) is 0. The van der Waals surface area contributed by atoms with Crippen molar-refractivity contribution in [3.63, 3.8) is 0 Å². The van der Waals surface area contributed by atoms with Gasteiger partial charge in [-0.3, -0.25) is 0 Å². The maximum atomic E-state index is 9.74. The van der Waals surface area contributed by atoms with Gasteiger partial charge in [0.2, 0.25) is 5.82 Å². The molecule has 0 radical (unpaired) electrons. The summed E-state index contributed by atoms with van der Waals surface area (Å²) in [4.78, 5) is 15.9. The molecule has 0 aliphatic rings. The number of aromatic nitrogens is 2. The number of halogens is 1. The fourth-order valence-electron chi connectivity index (χ4n) is 0.335. The zero-order valence-corrected chi connectivity index (χ0v) is 5.34. The van der Waals surface area contributed by atoms with Crippen LogP contribution in [0.1, 0.15) is 0 Å². The van der Waals surface area contributed by atoms with E-state index in [0.29, 0.717) is 4.60 Å². The van der Waals surface area contributed by atoms with Gasteiger partial charge in [-0.2, -0.15) is 0 Å². The second kappa shape index (κ2) is 2.04. The molecule has 1 aromatic heterocycles. The van der Waals surface area contributed by atoms with E-state index < -0.39 is 0 Å². The molecule has 0 bridgehead atoms. The van der Waals surface area contributed by atoms with Gasteiger partial charge in [-0.1, -0.05) is 0 Å². The first kappa shape index (κ1) is 5.43. The lowest BCUT2D eigenvalue weighted by Gasteiger charge is -1.74. The van der Waals surface area contributed by atoms with Crippen LogP contribution in [0.4, 0.5) is 5.82 Å². The highest BCUT2D eigenvalue weighted by Gasteiger charge is 1.97. The highest BCUT2D eigenvalue weighted by atomic mass is 79.9. The number of imidazole rings is 1. The van der Waals surface area contributed by atoms with Crippen molar-refractivity contribution in [3.8, 4) is 0 Å². The number of nitrogens with one attached hydrogen (secondary N) is 1. The molecule has 0 aliphatic carbocycles. The summed E-state index contributed by atoms with van der Waals surface area (Å²) in [5.74, 6) is 0.227. The van der Waals surface area contributed by atoms with E-state index in [2.05, 4.69) is 31.1 Å². The first-order valence-corrected chi connectivity index (χ1v) is 2.66. The smallest absolute Gasteiger partial charge is 0.209 e. The highest BCUT2D eigenvalue weighted by molar-refractivity contribution is 9.10. The summed E-state index contributed by atoms with van der Waals surface area (Å²) < 4.78 is 0.451. The van der Waals surface area contributed by atoms with Crippen molar-refractivity contribution in [2.75, 3.05) is 0 Å². The lowest BCUT2D eigenvalue weighted by molar-refractivity contribution is 1.29. The topological polar surface area (TPSA) is 58.1 Å². The molecule has 0 amide bonds. The fraction of sp³-hybridized carbons (Fsp3) is 0. The van der Waals surface area contributed by atoms with Gasteiger partial charge in [0.1, 0.15) is 0 Å². The minimum Gasteiger partial charge on any atom is -0.326 e. The summed E-state index contributed by atoms with van der Waals surface area (Å²) in [6.07, 6.45) is 1.39. The van der Waals surface area contributed by atoms with Crippen LogP contribution < -0.4 is 0 Å². The molecule has 0 aromatic carbocycles. The molecule has 0 aliphatic heterocycles. The molecule has 0 saturated carbocycles. The second-order valence-corrected chi connectivity index (χ2v) is 1.88. The van der Waals surface area contributed by atoms with Gasteiger partial charge in [-0.05, 0) is 21.1 Å². The van der Waals surface area contributed by atoms with E-state index >= 15 is 0 Å². The normalized spacial score (nSPS) is 9.12. The van der Waals surface area contributed by atoms with Crippen molar-refractivity contribution in [2.45, 2.75) is 0 Å². The summed E-state index contributed by atoms with van der Waals surface area (Å²) >= 11 is 2.99. The van der Waals surface area contributed by atoms with Gasteiger partial charge in [0, 0.05) is 0 Å². The van der Waals surface area contributed by atoms with Gasteiger partial charge in [-0.25, -0.2) is 4.98 Å². The average molecular weight is 176 g/mol. The Balaban J connectivity index is 3.09. The molecular weight excluding hydrogens is 174 g/mol. The third-order valence-corrected chi connectivity index (χ3v) is 1.25. The molecule has 0 atom stereocenters. The van der Waals surface area contributed by atoms with Crippen molar-refractivity contribution in [1.29, 1.82) is 0 Å². The predicted molar refractivity (Wildman–Crippen MR) is 31.7 cm³/mol. The van der Waals surface area contributed by atoms with E-state index in [-0.39, 0.29) is 5.82 Å². The number of rotatable bonds is 1. The van der Waals surface area contributed by atoms with Crippen LogP contribution in [0.2, 0.25) is 0 Å². The zero-order valence-electron chi connectivity index (χ0n) is 3.76. The number of hydrogen-bond acceptors (Lipinski definition) is 3. The maximum absolute atomic E-state index is 9.74. The van der Waals surface area contributed by atoms with Crippen LogP contribution in [0.5, 0.6) is 0 Å². The summed E-state index contributed by atoms with van der Waals surface area (Å²) in [5.41, 5.74) is 0. The van der Waals surface area contributed by atoms with Crippen LogP contribution in [0.25, 0.3) is 0 Å². The van der Waals surface area contributed by atoms with Gasteiger partial charge in [0.05, 0.1) is 6.33 Å². The fourth-order valence-corrected chi connectivity index (χ4v) is 0.624. The quantitative estimate of drug-likeness (QED) is 0.660. The molecular formula is C3H2BrN3O. The van der Waals surface area contributed by atoms with Gasteiger partial charge >= 0.3 is 0 Å². The van der Waals surface area contributed by atoms with Crippen LogP contribution >= 0.6 is 15.9 Å². The first-order chi connectivity index (χ1) is 3.84. The van der Waals surface area contributed by atoms with E-state index in [1.807, 2.05) is 0 Å². The lowest BCUT2D eigenvalue weighted by atomic mass is 10.8. The molecule has 0 unspecified atom stereocenters. The monoisotopic (exact) mass is 175 g/mol. The van der Waals surface area contributed by atoms with Crippen LogP contribution in [-0.4, -0.2) is 9.97 Å².